The lowest BCUT2D eigenvalue weighted by atomic mass is 10.1. The largest absolute Gasteiger partial charge is 0.493 e. The molecular weight excluding hydrogens is 343 g/mol. The van der Waals surface area contributed by atoms with E-state index in [9.17, 15) is 14.0 Å². The van der Waals surface area contributed by atoms with Gasteiger partial charge in [0.05, 0.1) is 6.61 Å². The molecule has 0 spiro atoms. The topological polar surface area (TPSA) is 99.9 Å². The minimum absolute atomic E-state index is 0.359. The van der Waals surface area contributed by atoms with Gasteiger partial charge in [0.25, 0.3) is 0 Å². The Morgan fingerprint density at radius 1 is 1.27 bits per heavy atom. The highest BCUT2D eigenvalue weighted by Gasteiger charge is 2.17. The van der Waals surface area contributed by atoms with Crippen molar-refractivity contribution >= 4 is 12.2 Å². The quantitative estimate of drug-likeness (QED) is 0.680. The highest BCUT2D eigenvalue weighted by molar-refractivity contribution is 5.67. The second-order valence-corrected chi connectivity index (χ2v) is 6.75. The Morgan fingerprint density at radius 2 is 1.96 bits per heavy atom. The SMILES string of the molecule is CC(OC(N)=O)c1cc(F)ccc1OCCCCNC(=O)OC(C)(C)C. The van der Waals surface area contributed by atoms with E-state index in [0.717, 1.165) is 0 Å². The van der Waals surface area contributed by atoms with Gasteiger partial charge < -0.3 is 25.3 Å². The molecule has 0 heterocycles. The number of nitrogens with two attached hydrogens (primary N) is 1. The first kappa shape index (κ1) is 21.5. The van der Waals surface area contributed by atoms with E-state index < -0.39 is 29.7 Å². The van der Waals surface area contributed by atoms with Crippen LogP contribution in [0.5, 0.6) is 5.75 Å². The molecule has 0 saturated carbocycles. The second-order valence-electron chi connectivity index (χ2n) is 6.75. The maximum absolute atomic E-state index is 13.4. The molecule has 0 aliphatic carbocycles. The minimum atomic E-state index is -0.944. The van der Waals surface area contributed by atoms with Crippen LogP contribution in [0.1, 0.15) is 52.2 Å². The molecule has 8 heteroatoms. The molecule has 1 rings (SSSR count). The maximum Gasteiger partial charge on any atom is 0.407 e. The number of carbonyl (C=O) groups is 2. The van der Waals surface area contributed by atoms with Crippen molar-refractivity contribution in [3.63, 3.8) is 0 Å². The van der Waals surface area contributed by atoms with Crippen molar-refractivity contribution in [2.24, 2.45) is 5.73 Å². The Morgan fingerprint density at radius 3 is 2.58 bits per heavy atom. The van der Waals surface area contributed by atoms with Crippen LogP contribution in [0.3, 0.4) is 0 Å². The third kappa shape index (κ3) is 8.55. The van der Waals surface area contributed by atoms with Gasteiger partial charge in [0, 0.05) is 12.1 Å². The summed E-state index contributed by atoms with van der Waals surface area (Å²) in [6.07, 6.45) is -0.787. The zero-order valence-electron chi connectivity index (χ0n) is 15.6. The third-order valence-electron chi connectivity index (χ3n) is 3.20. The molecular formula is C18H27FN2O5. The highest BCUT2D eigenvalue weighted by Crippen LogP contribution is 2.28. The van der Waals surface area contributed by atoms with Crippen molar-refractivity contribution in [3.05, 3.63) is 29.6 Å². The van der Waals surface area contributed by atoms with Gasteiger partial charge in [-0.2, -0.15) is 0 Å². The zero-order chi connectivity index (χ0) is 19.7. The number of hydrogen-bond donors (Lipinski definition) is 2. The number of hydrogen-bond acceptors (Lipinski definition) is 5. The molecule has 0 aliphatic heterocycles. The van der Waals surface area contributed by atoms with E-state index in [1.165, 1.54) is 18.2 Å². The van der Waals surface area contributed by atoms with Crippen molar-refractivity contribution in [1.82, 2.24) is 5.32 Å². The number of primary amides is 1. The van der Waals surface area contributed by atoms with Gasteiger partial charge in [0.2, 0.25) is 0 Å². The Hall–Kier alpha value is -2.51. The first-order valence-corrected chi connectivity index (χ1v) is 8.43. The fourth-order valence-electron chi connectivity index (χ4n) is 2.12. The predicted octanol–water partition coefficient (Wildman–Crippen LogP) is 3.67. The van der Waals surface area contributed by atoms with Crippen LogP contribution in [0.4, 0.5) is 14.0 Å². The molecule has 1 aromatic carbocycles. The molecule has 1 atom stereocenters. The summed E-state index contributed by atoms with van der Waals surface area (Å²) in [6.45, 7) is 7.78. The van der Waals surface area contributed by atoms with Crippen molar-refractivity contribution < 1.29 is 28.2 Å². The van der Waals surface area contributed by atoms with Crippen molar-refractivity contribution in [1.29, 1.82) is 0 Å². The summed E-state index contributed by atoms with van der Waals surface area (Å²) in [6, 6.07) is 3.98. The lowest BCUT2D eigenvalue weighted by Crippen LogP contribution is -2.33. The minimum Gasteiger partial charge on any atom is -0.493 e. The second kappa shape index (κ2) is 9.84. The van der Waals surface area contributed by atoms with Gasteiger partial charge in [-0.15, -0.1) is 0 Å². The van der Waals surface area contributed by atoms with Crippen molar-refractivity contribution in [2.75, 3.05) is 13.2 Å². The molecule has 1 unspecified atom stereocenters. The molecule has 3 N–H and O–H groups in total. The van der Waals surface area contributed by atoms with E-state index in [0.29, 0.717) is 37.3 Å². The predicted molar refractivity (Wildman–Crippen MR) is 94.4 cm³/mol. The van der Waals surface area contributed by atoms with Crippen LogP contribution in [0, 0.1) is 5.82 Å². The number of benzene rings is 1. The summed E-state index contributed by atoms with van der Waals surface area (Å²) in [5.41, 5.74) is 4.86. The zero-order valence-corrected chi connectivity index (χ0v) is 15.6. The number of unbranched alkanes of at least 4 members (excludes halogenated alkanes) is 1. The molecule has 2 amide bonds. The molecule has 1 aromatic rings. The molecule has 0 radical (unpaired) electrons. The Kier molecular flexibility index (Phi) is 8.15. The average Bonchev–Trinajstić information content (AvgIpc) is 2.49. The summed E-state index contributed by atoms with van der Waals surface area (Å²) in [4.78, 5) is 22.4. The van der Waals surface area contributed by atoms with Crippen molar-refractivity contribution in [3.8, 4) is 5.75 Å². The van der Waals surface area contributed by atoms with Gasteiger partial charge in [-0.1, -0.05) is 0 Å². The van der Waals surface area contributed by atoms with Crippen LogP contribution >= 0.6 is 0 Å². The van der Waals surface area contributed by atoms with Gasteiger partial charge in [0.1, 0.15) is 23.3 Å². The summed E-state index contributed by atoms with van der Waals surface area (Å²) >= 11 is 0. The molecule has 0 bridgehead atoms. The van der Waals surface area contributed by atoms with Crippen LogP contribution in [0.2, 0.25) is 0 Å². The first-order chi connectivity index (χ1) is 12.1. The lowest BCUT2D eigenvalue weighted by molar-refractivity contribution is 0.0526. The maximum atomic E-state index is 13.4. The lowest BCUT2D eigenvalue weighted by Gasteiger charge is -2.19. The number of amides is 2. The van der Waals surface area contributed by atoms with Crippen LogP contribution in [-0.4, -0.2) is 30.9 Å². The monoisotopic (exact) mass is 370 g/mol. The van der Waals surface area contributed by atoms with E-state index in [2.05, 4.69) is 5.32 Å². The average molecular weight is 370 g/mol. The van der Waals surface area contributed by atoms with E-state index in [-0.39, 0.29) is 0 Å². The highest BCUT2D eigenvalue weighted by atomic mass is 19.1. The first-order valence-electron chi connectivity index (χ1n) is 8.43. The van der Waals surface area contributed by atoms with E-state index in [4.69, 9.17) is 19.9 Å². The molecule has 0 saturated heterocycles. The van der Waals surface area contributed by atoms with E-state index in [1.54, 1.807) is 27.7 Å². The molecule has 26 heavy (non-hydrogen) atoms. The normalized spacial score (nSPS) is 12.2. The van der Waals surface area contributed by atoms with Crippen LogP contribution in [0.25, 0.3) is 0 Å². The summed E-state index contributed by atoms with van der Waals surface area (Å²) < 4.78 is 29.1. The molecule has 0 aliphatic rings. The molecule has 7 nitrogen and oxygen atoms in total. The fraction of sp³-hybridized carbons (Fsp3) is 0.556. The summed E-state index contributed by atoms with van der Waals surface area (Å²) in [5.74, 6) is -0.0471. The van der Waals surface area contributed by atoms with Crippen LogP contribution in [0.15, 0.2) is 18.2 Å². The van der Waals surface area contributed by atoms with Gasteiger partial charge in [-0.3, -0.25) is 0 Å². The third-order valence-corrected chi connectivity index (χ3v) is 3.20. The van der Waals surface area contributed by atoms with Crippen LogP contribution in [-0.2, 0) is 9.47 Å². The van der Waals surface area contributed by atoms with Crippen LogP contribution < -0.4 is 15.8 Å². The molecule has 0 aromatic heterocycles. The van der Waals surface area contributed by atoms with Gasteiger partial charge in [0.15, 0.2) is 0 Å². The van der Waals surface area contributed by atoms with E-state index >= 15 is 0 Å². The van der Waals surface area contributed by atoms with E-state index in [1.807, 2.05) is 0 Å². The van der Waals surface area contributed by atoms with Gasteiger partial charge >= 0.3 is 12.2 Å². The van der Waals surface area contributed by atoms with Crippen molar-refractivity contribution in [2.45, 2.75) is 52.2 Å². The number of carbonyl (C=O) groups excluding carboxylic acids is 2. The number of rotatable bonds is 8. The number of nitrogens with one attached hydrogen (secondary N) is 1. The standard InChI is InChI=1S/C18H27FN2O5/c1-12(25-16(20)22)14-11-13(19)7-8-15(14)24-10-6-5-9-21-17(23)26-18(2,3)4/h7-8,11-12H,5-6,9-10H2,1-4H3,(H2,20,22)(H,21,23). The van der Waals surface area contributed by atoms with Gasteiger partial charge in [-0.25, -0.2) is 14.0 Å². The fourth-order valence-corrected chi connectivity index (χ4v) is 2.12. The molecule has 0 fully saturated rings. The molecule has 146 valence electrons. The number of ether oxygens (including phenoxy) is 3. The Bertz CT molecular complexity index is 616. The Balaban J connectivity index is 2.41. The Labute approximate surface area is 153 Å². The number of alkyl carbamates (subject to hydrolysis) is 1. The smallest absolute Gasteiger partial charge is 0.407 e. The summed E-state index contributed by atoms with van der Waals surface area (Å²) in [7, 11) is 0. The van der Waals surface area contributed by atoms with Gasteiger partial charge in [-0.05, 0) is 58.7 Å². The number of halogens is 1. The summed E-state index contributed by atoms with van der Waals surface area (Å²) in [5, 5.41) is 2.66.